The van der Waals surface area contributed by atoms with Crippen LogP contribution in [0.5, 0.6) is 0 Å². The number of fused-ring (bicyclic) bond motifs is 1. The Kier molecular flexibility index (Phi) is 4.72. The molecule has 2 aromatic rings. The minimum atomic E-state index is -0.247. The summed E-state index contributed by atoms with van der Waals surface area (Å²) in [5.74, 6) is 1.66. The lowest BCUT2D eigenvalue weighted by molar-refractivity contribution is -0.460. The van der Waals surface area contributed by atoms with E-state index in [1.165, 1.54) is 30.4 Å². The Morgan fingerprint density at radius 2 is 1.63 bits per heavy atom. The summed E-state index contributed by atoms with van der Waals surface area (Å²) in [7, 11) is 0. The molecule has 2 heterocycles. The maximum absolute atomic E-state index is 6.83. The Morgan fingerprint density at radius 3 is 2.40 bits per heavy atom. The van der Waals surface area contributed by atoms with Crippen molar-refractivity contribution in [2.45, 2.75) is 68.8 Å². The van der Waals surface area contributed by atoms with E-state index in [0.717, 1.165) is 19.4 Å². The molecule has 2 aromatic carbocycles. The Labute approximate surface area is 179 Å². The largest absolute Gasteiger partial charge is 0.347 e. The van der Waals surface area contributed by atoms with Gasteiger partial charge in [0, 0.05) is 23.7 Å². The first-order chi connectivity index (χ1) is 14.7. The molecule has 0 amide bonds. The van der Waals surface area contributed by atoms with Crippen molar-refractivity contribution in [3.8, 4) is 0 Å². The summed E-state index contributed by atoms with van der Waals surface area (Å²) < 4.78 is 6.83. The molecule has 0 radical (unpaired) electrons. The van der Waals surface area contributed by atoms with Crippen LogP contribution in [-0.4, -0.2) is 29.8 Å². The van der Waals surface area contributed by atoms with Crippen LogP contribution in [0.3, 0.4) is 0 Å². The molecule has 2 saturated carbocycles. The number of hydrogen-bond acceptors (Lipinski definition) is 4. The van der Waals surface area contributed by atoms with Crippen molar-refractivity contribution in [3.05, 3.63) is 71.8 Å². The Balaban J connectivity index is 1.30. The third-order valence-electron chi connectivity index (χ3n) is 8.17. The van der Waals surface area contributed by atoms with Gasteiger partial charge in [-0.2, -0.15) is 0 Å². The van der Waals surface area contributed by atoms with E-state index >= 15 is 0 Å². The van der Waals surface area contributed by atoms with Crippen LogP contribution in [0.15, 0.2) is 60.7 Å². The van der Waals surface area contributed by atoms with E-state index < -0.39 is 0 Å². The summed E-state index contributed by atoms with van der Waals surface area (Å²) in [5, 5.41) is 1.81. The zero-order valence-electron chi connectivity index (χ0n) is 17.7. The fourth-order valence-electron chi connectivity index (χ4n) is 6.66. The fraction of sp³-hybridized carbons (Fsp3) is 0.538. The molecule has 6 rings (SSSR count). The molecule has 158 valence electrons. The molecule has 2 aliphatic heterocycles. The highest BCUT2D eigenvalue weighted by Gasteiger charge is 2.67. The van der Waals surface area contributed by atoms with Gasteiger partial charge in [0.05, 0.1) is 18.2 Å². The lowest BCUT2D eigenvalue weighted by atomic mass is 9.76. The van der Waals surface area contributed by atoms with Crippen molar-refractivity contribution in [1.82, 2.24) is 5.23 Å². The smallest absolute Gasteiger partial charge is 0.184 e. The fourth-order valence-corrected chi connectivity index (χ4v) is 6.66. The number of hydrogen-bond donors (Lipinski definition) is 0. The van der Waals surface area contributed by atoms with Crippen molar-refractivity contribution in [2.24, 2.45) is 11.8 Å². The van der Waals surface area contributed by atoms with Gasteiger partial charge in [-0.15, -0.1) is 0 Å². The van der Waals surface area contributed by atoms with Gasteiger partial charge in [-0.05, 0) is 37.3 Å². The second kappa shape index (κ2) is 7.45. The first-order valence-electron chi connectivity index (χ1n) is 11.6. The van der Waals surface area contributed by atoms with Crippen LogP contribution in [0.2, 0.25) is 0 Å². The summed E-state index contributed by atoms with van der Waals surface area (Å²) in [6.45, 7) is 3.06. The Hall–Kier alpha value is -1.72. The first kappa shape index (κ1) is 19.0. The van der Waals surface area contributed by atoms with Gasteiger partial charge in [0.25, 0.3) is 0 Å². The predicted octanol–water partition coefficient (Wildman–Crippen LogP) is 5.43. The lowest BCUT2D eigenvalue weighted by Crippen LogP contribution is -2.55. The number of benzene rings is 2. The van der Waals surface area contributed by atoms with E-state index in [1.807, 2.05) is 5.23 Å². The maximum Gasteiger partial charge on any atom is 0.184 e. The van der Waals surface area contributed by atoms with Crippen LogP contribution in [0, 0.1) is 11.8 Å². The molecule has 7 atom stereocenters. The molecule has 4 aliphatic rings. The first-order valence-corrected chi connectivity index (χ1v) is 11.6. The lowest BCUT2D eigenvalue weighted by Gasteiger charge is -2.47. The SMILES string of the molecule is C[C@]12[C@@H]3CON1O[C@H](O[C@@H]1CCCC[C@H]1c1ccccc1)[C@@H](C3)[C@H]2c1ccccc1. The van der Waals surface area contributed by atoms with Crippen molar-refractivity contribution in [3.63, 3.8) is 0 Å². The minimum absolute atomic E-state index is 0.114. The molecule has 4 nitrogen and oxygen atoms in total. The zero-order valence-corrected chi connectivity index (χ0v) is 17.7. The van der Waals surface area contributed by atoms with Crippen LogP contribution in [0.25, 0.3) is 0 Å². The highest BCUT2D eigenvalue weighted by molar-refractivity contribution is 5.30. The molecule has 30 heavy (non-hydrogen) atoms. The molecular weight excluding hydrogens is 374 g/mol. The van der Waals surface area contributed by atoms with Crippen LogP contribution in [0.4, 0.5) is 0 Å². The quantitative estimate of drug-likeness (QED) is 0.679. The van der Waals surface area contributed by atoms with E-state index in [1.54, 1.807) is 0 Å². The maximum atomic E-state index is 6.83. The van der Waals surface area contributed by atoms with Crippen LogP contribution < -0.4 is 0 Å². The van der Waals surface area contributed by atoms with Crippen molar-refractivity contribution in [2.75, 3.05) is 6.61 Å². The molecule has 4 fully saturated rings. The van der Waals surface area contributed by atoms with E-state index in [0.29, 0.717) is 23.7 Å². The average Bonchev–Trinajstić information content (AvgIpc) is 3.23. The summed E-state index contributed by atoms with van der Waals surface area (Å²) in [5.41, 5.74) is 2.66. The Bertz CT molecular complexity index is 874. The van der Waals surface area contributed by atoms with Gasteiger partial charge in [0.1, 0.15) is 0 Å². The predicted molar refractivity (Wildman–Crippen MR) is 114 cm³/mol. The molecule has 0 N–H and O–H groups in total. The van der Waals surface area contributed by atoms with Crippen LogP contribution in [0.1, 0.15) is 62.0 Å². The highest BCUT2D eigenvalue weighted by atomic mass is 17.0. The average molecular weight is 406 g/mol. The third kappa shape index (κ3) is 2.89. The standard InChI is InChI=1S/C26H31NO3/c1-26-20-16-22(24(26)19-12-6-3-7-13-19)25(30-27(26)28-17-20)29-23-15-9-8-14-21(23)18-10-4-2-5-11-18/h2-7,10-13,20-25H,8-9,14-17H2,1H3/t20-,21-,22-,23+,24+,25-,26+/m0/s1. The zero-order chi connectivity index (χ0) is 20.1. The van der Waals surface area contributed by atoms with Gasteiger partial charge in [0.15, 0.2) is 6.29 Å². The number of rotatable bonds is 4. The monoisotopic (exact) mass is 405 g/mol. The summed E-state index contributed by atoms with van der Waals surface area (Å²) in [4.78, 5) is 12.4. The van der Waals surface area contributed by atoms with Gasteiger partial charge in [0.2, 0.25) is 0 Å². The number of hydroxylamine groups is 2. The second-order valence-corrected chi connectivity index (χ2v) is 9.71. The second-order valence-electron chi connectivity index (χ2n) is 9.71. The van der Waals surface area contributed by atoms with Crippen molar-refractivity contribution >= 4 is 0 Å². The van der Waals surface area contributed by atoms with E-state index in [4.69, 9.17) is 14.4 Å². The van der Waals surface area contributed by atoms with Crippen molar-refractivity contribution in [1.29, 1.82) is 0 Å². The number of ether oxygens (including phenoxy) is 1. The topological polar surface area (TPSA) is 30.9 Å². The molecule has 0 spiro atoms. The normalized spacial score (nSPS) is 40.6. The molecular formula is C26H31NO3. The van der Waals surface area contributed by atoms with E-state index in [-0.39, 0.29) is 17.9 Å². The van der Waals surface area contributed by atoms with Gasteiger partial charge in [-0.1, -0.05) is 78.7 Å². The van der Waals surface area contributed by atoms with E-state index in [2.05, 4.69) is 67.6 Å². The molecule has 2 bridgehead atoms. The summed E-state index contributed by atoms with van der Waals surface area (Å²) in [6, 6.07) is 21.8. The third-order valence-corrected chi connectivity index (χ3v) is 8.17. The Morgan fingerprint density at radius 1 is 0.933 bits per heavy atom. The van der Waals surface area contributed by atoms with Gasteiger partial charge < -0.3 is 4.74 Å². The summed E-state index contributed by atoms with van der Waals surface area (Å²) >= 11 is 0. The van der Waals surface area contributed by atoms with Gasteiger partial charge in [-0.25, -0.2) is 4.84 Å². The molecule has 2 saturated heterocycles. The molecule has 4 heteroatoms. The van der Waals surface area contributed by atoms with Crippen molar-refractivity contribution < 1.29 is 14.4 Å². The summed E-state index contributed by atoms with van der Waals surface area (Å²) in [6.07, 6.45) is 5.85. The van der Waals surface area contributed by atoms with Crippen LogP contribution in [-0.2, 0) is 14.4 Å². The van der Waals surface area contributed by atoms with Gasteiger partial charge in [-0.3, -0.25) is 4.84 Å². The molecule has 0 unspecified atom stereocenters. The highest BCUT2D eigenvalue weighted by Crippen LogP contribution is 2.61. The van der Waals surface area contributed by atoms with Gasteiger partial charge >= 0.3 is 0 Å². The molecule has 0 aromatic heterocycles. The van der Waals surface area contributed by atoms with Crippen LogP contribution >= 0.6 is 0 Å². The minimum Gasteiger partial charge on any atom is -0.347 e. The molecule has 2 aliphatic carbocycles. The van der Waals surface area contributed by atoms with E-state index in [9.17, 15) is 0 Å². The number of nitrogens with zero attached hydrogens (tertiary/aromatic N) is 1.